The van der Waals surface area contributed by atoms with Crippen LogP contribution in [0.5, 0.6) is 0 Å². The highest BCUT2D eigenvalue weighted by Gasteiger charge is 2.31. The maximum Gasteiger partial charge on any atom is 0.306 e. The summed E-state index contributed by atoms with van der Waals surface area (Å²) >= 11 is 0. The number of quaternary nitrogens is 1. The van der Waals surface area contributed by atoms with E-state index >= 15 is 0 Å². The van der Waals surface area contributed by atoms with Gasteiger partial charge in [0, 0.05) is 12.8 Å². The van der Waals surface area contributed by atoms with Crippen LogP contribution in [0.3, 0.4) is 0 Å². The van der Waals surface area contributed by atoms with E-state index in [1.807, 2.05) is 21.1 Å². The van der Waals surface area contributed by atoms with E-state index < -0.39 is 38.4 Å². The molecular weight excluding hydrogens is 701 g/mol. The van der Waals surface area contributed by atoms with Crippen molar-refractivity contribution in [2.24, 2.45) is 0 Å². The Labute approximate surface area is 333 Å². The average Bonchev–Trinajstić information content (AvgIpc) is 3.12. The smallest absolute Gasteiger partial charge is 0.306 e. The van der Waals surface area contributed by atoms with E-state index in [2.05, 4.69) is 13.8 Å². The molecule has 3 atom stereocenters. The molecule has 9 nitrogen and oxygen atoms in total. The molecule has 0 aromatic carbocycles. The Morgan fingerprint density at radius 2 is 0.889 bits per heavy atom. The molecule has 0 aliphatic carbocycles. The fourth-order valence-electron chi connectivity index (χ4n) is 6.71. The first kappa shape index (κ1) is 53.2. The number of ether oxygens (including phenoxy) is 1. The normalized spacial score (nSPS) is 14.2. The van der Waals surface area contributed by atoms with E-state index in [0.717, 1.165) is 38.5 Å². The van der Waals surface area contributed by atoms with Crippen LogP contribution in [0.1, 0.15) is 219 Å². The van der Waals surface area contributed by atoms with E-state index in [9.17, 15) is 24.2 Å². The summed E-state index contributed by atoms with van der Waals surface area (Å²) in [7, 11) is 1.01. The number of hydrogen-bond donors (Lipinski definition) is 1. The molecule has 0 heterocycles. The Kier molecular flexibility index (Phi) is 35.9. The Balaban J connectivity index is 4.46. The number of rotatable bonds is 42. The predicted octanol–water partition coefficient (Wildman–Crippen LogP) is 11.6. The highest BCUT2D eigenvalue weighted by molar-refractivity contribution is 7.45. The molecule has 0 spiro atoms. The first-order valence-electron chi connectivity index (χ1n) is 22.7. The van der Waals surface area contributed by atoms with Gasteiger partial charge in [-0.2, -0.15) is 0 Å². The Morgan fingerprint density at radius 1 is 0.556 bits per heavy atom. The lowest BCUT2D eigenvalue weighted by Gasteiger charge is -2.29. The summed E-state index contributed by atoms with van der Waals surface area (Å²) in [6.07, 6.45) is 33.7. The number of likely N-dealkylation sites (N-methyl/N-ethyl adjacent to an activating group) is 1. The van der Waals surface area contributed by atoms with Crippen molar-refractivity contribution in [3.8, 4) is 0 Å². The molecular formula is C44H88NO8P. The number of Topliss-reactive ketones (excluding diaryl/α,β-unsaturated/α-hetero) is 1. The van der Waals surface area contributed by atoms with Crippen molar-refractivity contribution in [3.63, 3.8) is 0 Å². The van der Waals surface area contributed by atoms with Crippen molar-refractivity contribution < 1.29 is 42.4 Å². The highest BCUT2D eigenvalue weighted by Crippen LogP contribution is 2.38. The molecule has 0 aliphatic rings. The van der Waals surface area contributed by atoms with E-state index in [1.165, 1.54) is 141 Å². The van der Waals surface area contributed by atoms with E-state index in [1.54, 1.807) is 0 Å². The second-order valence-corrected chi connectivity index (χ2v) is 18.3. The molecule has 0 aromatic rings. The minimum Gasteiger partial charge on any atom is -0.756 e. The van der Waals surface area contributed by atoms with Crippen molar-refractivity contribution >= 4 is 19.6 Å². The minimum absolute atomic E-state index is 0.0748. The molecule has 10 heteroatoms. The van der Waals surface area contributed by atoms with Crippen molar-refractivity contribution in [2.75, 3.05) is 40.9 Å². The standard InChI is InChI=1S/C44H88NO8P/c1-6-8-10-12-14-16-18-20-22-24-26-28-30-32-34-36-41(46)44(48)42(40-52-54(49,50)51-39-38-45(3,4)5)53-43(47)37-35-33-31-29-27-25-23-21-19-17-15-13-11-9-7-2/h42,44,48H,6-40H2,1-5H3/t42-,44?/m0/s1. The molecule has 0 saturated heterocycles. The van der Waals surface area contributed by atoms with Crippen LogP contribution < -0.4 is 4.89 Å². The van der Waals surface area contributed by atoms with Crippen molar-refractivity contribution in [1.82, 2.24) is 0 Å². The summed E-state index contributed by atoms with van der Waals surface area (Å²) < 4.78 is 28.4. The summed E-state index contributed by atoms with van der Waals surface area (Å²) in [5.74, 6) is -1.03. The minimum atomic E-state index is -4.73. The maximum absolute atomic E-state index is 12.9. The molecule has 322 valence electrons. The van der Waals surface area contributed by atoms with Crippen LogP contribution in [0.15, 0.2) is 0 Å². The Hall–Kier alpha value is -0.830. The summed E-state index contributed by atoms with van der Waals surface area (Å²) in [5, 5.41) is 10.9. The molecule has 0 fully saturated rings. The van der Waals surface area contributed by atoms with E-state index in [0.29, 0.717) is 23.9 Å². The molecule has 1 N–H and O–H groups in total. The number of ketones is 1. The van der Waals surface area contributed by atoms with Crippen LogP contribution in [0.4, 0.5) is 0 Å². The fourth-order valence-corrected chi connectivity index (χ4v) is 7.42. The number of phosphoric acid groups is 1. The molecule has 0 rings (SSSR count). The maximum atomic E-state index is 12.9. The first-order chi connectivity index (χ1) is 25.9. The molecule has 0 saturated carbocycles. The van der Waals surface area contributed by atoms with Crippen LogP contribution in [0.25, 0.3) is 0 Å². The van der Waals surface area contributed by atoms with Crippen LogP contribution in [-0.2, 0) is 27.9 Å². The van der Waals surface area contributed by atoms with Gasteiger partial charge in [0.1, 0.15) is 13.2 Å². The quantitative estimate of drug-likeness (QED) is 0.0281. The average molecular weight is 790 g/mol. The summed E-state index contributed by atoms with van der Waals surface area (Å²) in [5.41, 5.74) is 0. The number of unbranched alkanes of at least 4 members (excludes halogenated alkanes) is 28. The van der Waals surface area contributed by atoms with Crippen LogP contribution in [-0.4, -0.2) is 74.5 Å². The van der Waals surface area contributed by atoms with Crippen LogP contribution in [0.2, 0.25) is 0 Å². The topological polar surface area (TPSA) is 122 Å². The Bertz CT molecular complexity index is 912. The van der Waals surface area contributed by atoms with Gasteiger partial charge in [0.2, 0.25) is 0 Å². The van der Waals surface area contributed by atoms with Crippen LogP contribution in [0, 0.1) is 0 Å². The number of carbonyl (C=O) groups is 2. The van der Waals surface area contributed by atoms with E-state index in [-0.39, 0.29) is 19.4 Å². The number of hydrogen-bond acceptors (Lipinski definition) is 8. The third-order valence-corrected chi connectivity index (χ3v) is 11.3. The van der Waals surface area contributed by atoms with Gasteiger partial charge >= 0.3 is 5.97 Å². The number of phosphoric ester groups is 1. The largest absolute Gasteiger partial charge is 0.756 e. The lowest BCUT2D eigenvalue weighted by Crippen LogP contribution is -2.41. The fraction of sp³-hybridized carbons (Fsp3) is 0.955. The third kappa shape index (κ3) is 36.8. The summed E-state index contributed by atoms with van der Waals surface area (Å²) in [4.78, 5) is 38.1. The predicted molar refractivity (Wildman–Crippen MR) is 222 cm³/mol. The second kappa shape index (κ2) is 36.5. The molecule has 54 heavy (non-hydrogen) atoms. The highest BCUT2D eigenvalue weighted by atomic mass is 31.2. The van der Waals surface area contributed by atoms with Gasteiger partial charge in [-0.25, -0.2) is 0 Å². The van der Waals surface area contributed by atoms with Gasteiger partial charge in [-0.1, -0.05) is 194 Å². The van der Waals surface area contributed by atoms with Gasteiger partial charge in [0.25, 0.3) is 7.82 Å². The summed E-state index contributed by atoms with van der Waals surface area (Å²) in [6, 6.07) is 0. The zero-order valence-electron chi connectivity index (χ0n) is 36.1. The SMILES string of the molecule is CCCCCCCCCCCCCCCCCC(=O)O[C@@H](COP(=O)([O-])OCC[N+](C)(C)C)C(O)C(=O)CCCCCCCCCCCCCCCCC. The van der Waals surface area contributed by atoms with Gasteiger partial charge in [0.05, 0.1) is 27.7 Å². The summed E-state index contributed by atoms with van der Waals surface area (Å²) in [6.45, 7) is 4.21. The molecule has 2 unspecified atom stereocenters. The van der Waals surface area contributed by atoms with Gasteiger partial charge in [0.15, 0.2) is 18.0 Å². The zero-order chi connectivity index (χ0) is 40.2. The zero-order valence-corrected chi connectivity index (χ0v) is 37.0. The van der Waals surface area contributed by atoms with Gasteiger partial charge in [-0.3, -0.25) is 14.2 Å². The van der Waals surface area contributed by atoms with E-state index in [4.69, 9.17) is 13.8 Å². The van der Waals surface area contributed by atoms with Gasteiger partial charge in [-0.15, -0.1) is 0 Å². The molecule has 0 amide bonds. The molecule has 0 bridgehead atoms. The number of aliphatic hydroxyl groups excluding tert-OH is 1. The van der Waals surface area contributed by atoms with Crippen molar-refractivity contribution in [2.45, 2.75) is 232 Å². The Morgan fingerprint density at radius 3 is 1.24 bits per heavy atom. The van der Waals surface area contributed by atoms with Crippen LogP contribution >= 0.6 is 7.82 Å². The monoisotopic (exact) mass is 790 g/mol. The molecule has 0 aliphatic heterocycles. The second-order valence-electron chi connectivity index (χ2n) is 16.9. The third-order valence-electron chi connectivity index (χ3n) is 10.4. The van der Waals surface area contributed by atoms with Crippen molar-refractivity contribution in [3.05, 3.63) is 0 Å². The number of esters is 1. The van der Waals surface area contributed by atoms with Gasteiger partial charge in [-0.05, 0) is 12.8 Å². The number of carbonyl (C=O) groups excluding carboxylic acids is 2. The van der Waals surface area contributed by atoms with Gasteiger partial charge < -0.3 is 28.3 Å². The molecule has 0 aromatic heterocycles. The lowest BCUT2D eigenvalue weighted by atomic mass is 10.0. The van der Waals surface area contributed by atoms with Crippen molar-refractivity contribution in [1.29, 1.82) is 0 Å². The lowest BCUT2D eigenvalue weighted by molar-refractivity contribution is -0.870. The molecule has 0 radical (unpaired) electrons. The first-order valence-corrected chi connectivity index (χ1v) is 24.2. The number of aliphatic hydroxyl groups is 1. The number of nitrogens with zero attached hydrogens (tertiary/aromatic N) is 1.